The first-order chi connectivity index (χ1) is 2.83. The van der Waals surface area contributed by atoms with Gasteiger partial charge in [0.15, 0.2) is 0 Å². The first-order valence-corrected chi connectivity index (χ1v) is 0.988. The third-order valence-corrected chi connectivity index (χ3v) is 0. The summed E-state index contributed by atoms with van der Waals surface area (Å²) in [5.41, 5.74) is 0. The third-order valence-electron chi connectivity index (χ3n) is 0. The van der Waals surface area contributed by atoms with E-state index in [0.717, 1.165) is 0 Å². The predicted molar refractivity (Wildman–Crippen MR) is 24.1 cm³/mol. The van der Waals surface area contributed by atoms with Crippen LogP contribution in [0.1, 0.15) is 8.56 Å². The Morgan fingerprint density at radius 2 is 1.17 bits per heavy atom. The van der Waals surface area contributed by atoms with Crippen LogP contribution in [0.3, 0.4) is 0 Å². The van der Waals surface area contributed by atoms with Crippen molar-refractivity contribution in [1.29, 1.82) is 0 Å². The molecule has 0 aromatic rings. The van der Waals surface area contributed by atoms with Crippen molar-refractivity contribution in [2.75, 3.05) is 0 Å². The van der Waals surface area contributed by atoms with Gasteiger partial charge in [0.2, 0.25) is 0 Å². The highest BCUT2D eigenvalue weighted by atomic mass is 16.3. The number of carboxylic acid groups (broad SMARTS) is 2. The highest BCUT2D eigenvalue weighted by molar-refractivity contribution is 5.32. The van der Waals surface area contributed by atoms with Crippen LogP contribution >= 0.6 is 0 Å². The molecule has 0 heterocycles. The molecule has 36 valence electrons. The monoisotopic (exact) mass is 98.1 g/mol. The van der Waals surface area contributed by atoms with Crippen molar-refractivity contribution in [2.45, 2.75) is 0 Å². The fraction of sp³-hybridized carbons (Fsp3) is 0. The van der Waals surface area contributed by atoms with E-state index in [2.05, 4.69) is 0 Å². The maximum Gasteiger partial charge on any atom is 1.00 e. The van der Waals surface area contributed by atoms with Gasteiger partial charge in [0.25, 0.3) is 12.9 Å². The number of rotatable bonds is 0. The first kappa shape index (κ1) is 8.87. The van der Waals surface area contributed by atoms with Gasteiger partial charge in [-0.3, -0.25) is 9.59 Å². The second-order valence-electron chi connectivity index (χ2n) is 0.211. The van der Waals surface area contributed by atoms with Crippen LogP contribution in [0.2, 0.25) is 0 Å². The molecule has 0 rings (SSSR count). The second kappa shape index (κ2) is 38.5. The highest BCUT2D eigenvalue weighted by Gasteiger charge is 1.22. The topological polar surface area (TPSA) is 74.6 Å². The minimum atomic E-state index is -0.250. The molecule has 0 bridgehead atoms. The fourth-order valence-corrected chi connectivity index (χ4v) is 0. The van der Waals surface area contributed by atoms with E-state index in [-0.39, 0.29) is 21.5 Å². The molecule has 0 aromatic carbocycles. The van der Waals surface area contributed by atoms with Gasteiger partial charge in [-0.1, -0.05) is 0 Å². The van der Waals surface area contributed by atoms with Gasteiger partial charge in [-0.15, -0.1) is 0 Å². The molecule has 0 amide bonds. The van der Waals surface area contributed by atoms with Crippen LogP contribution < -0.4 is 0 Å². The number of hydrogen-bond donors (Lipinski definition) is 2. The van der Waals surface area contributed by atoms with Crippen LogP contribution in [0, 0.1) is 0 Å². The molecule has 0 aliphatic carbocycles. The maximum absolute atomic E-state index is 8.36. The summed E-state index contributed by atoms with van der Waals surface area (Å²) in [6.45, 7) is -0.500. The Morgan fingerprint density at radius 3 is 1.17 bits per heavy atom. The van der Waals surface area contributed by atoms with Gasteiger partial charge in [-0.25, -0.2) is 0 Å². The number of hydrogen-bond acceptors (Lipinski definition) is 2. The Kier molecular flexibility index (Phi) is 57.0. The zero-order valence-corrected chi connectivity index (χ0v) is 2.87. The normalized spacial score (nSPS) is 4.00. The molecule has 0 spiro atoms. The van der Waals surface area contributed by atoms with Crippen LogP contribution in [0.4, 0.5) is 0 Å². The minimum absolute atomic E-state index is 0. The summed E-state index contributed by atoms with van der Waals surface area (Å²) in [7, 11) is 0. The van der Waals surface area contributed by atoms with E-state index >= 15 is 0 Å². The fourth-order valence-electron chi connectivity index (χ4n) is 0. The molecule has 0 aromatic heterocycles. The molecule has 0 fully saturated rings. The van der Waals surface area contributed by atoms with Gasteiger partial charge in [0, 0.05) is 0 Å². The summed E-state index contributed by atoms with van der Waals surface area (Å²) < 4.78 is 0. The minimum Gasteiger partial charge on any atom is -0.483 e. The largest absolute Gasteiger partial charge is 1.00 e. The standard InChI is InChI=1S/2CH2O2/c2*2-1-3/h2*1H,(H,2,3)/p+6. The molecule has 0 aliphatic heterocycles. The molecule has 0 aliphatic rings. The van der Waals surface area contributed by atoms with E-state index in [1.54, 1.807) is 0 Å². The average Bonchev–Trinajstić information content (AvgIpc) is 1.39. The zero-order chi connectivity index (χ0) is 5.41. The summed E-state index contributed by atoms with van der Waals surface area (Å²) in [6.07, 6.45) is 0. The van der Waals surface area contributed by atoms with E-state index < -0.39 is 0 Å². The lowest BCUT2D eigenvalue weighted by atomic mass is 11.7. The van der Waals surface area contributed by atoms with Crippen LogP contribution in [0.15, 0.2) is 0 Å². The van der Waals surface area contributed by atoms with Crippen molar-refractivity contribution in [2.24, 2.45) is 0 Å². The van der Waals surface area contributed by atoms with Crippen molar-refractivity contribution < 1.29 is 28.4 Å². The molecular formula is C2H10O4+6. The van der Waals surface area contributed by atoms with Gasteiger partial charge in [-0.05, 0) is 0 Å². The highest BCUT2D eigenvalue weighted by Crippen LogP contribution is 0.969. The van der Waals surface area contributed by atoms with Crippen molar-refractivity contribution in [3.05, 3.63) is 0 Å². The summed E-state index contributed by atoms with van der Waals surface area (Å²) in [5.74, 6) is 0. The Morgan fingerprint density at radius 1 is 1.17 bits per heavy atom. The van der Waals surface area contributed by atoms with E-state index in [1.807, 2.05) is 0 Å². The second-order valence-corrected chi connectivity index (χ2v) is 0.211. The summed E-state index contributed by atoms with van der Waals surface area (Å²) >= 11 is 0. The molecule has 4 heteroatoms. The van der Waals surface area contributed by atoms with Crippen LogP contribution in [0.25, 0.3) is 0 Å². The van der Waals surface area contributed by atoms with E-state index in [1.165, 1.54) is 0 Å². The molecule has 4 nitrogen and oxygen atoms in total. The lowest BCUT2D eigenvalue weighted by Gasteiger charge is -1.34. The molecule has 0 unspecified atom stereocenters. The van der Waals surface area contributed by atoms with Crippen molar-refractivity contribution in [3.8, 4) is 0 Å². The molecule has 0 atom stereocenters. The van der Waals surface area contributed by atoms with E-state index in [0.29, 0.717) is 0 Å². The summed E-state index contributed by atoms with van der Waals surface area (Å²) in [4.78, 5) is 16.7. The SMILES string of the molecule is O=CO.O=CO.[H+].[H+].[H+].[H+].[H+].[H+]. The van der Waals surface area contributed by atoms with Gasteiger partial charge in [0.05, 0.1) is 0 Å². The van der Waals surface area contributed by atoms with Crippen LogP contribution in [0.5, 0.6) is 0 Å². The molecule has 0 saturated heterocycles. The van der Waals surface area contributed by atoms with E-state index in [4.69, 9.17) is 19.8 Å². The molecule has 2 N–H and O–H groups in total. The average molecular weight is 98.1 g/mol. The molecule has 0 radical (unpaired) electrons. The van der Waals surface area contributed by atoms with Crippen LogP contribution in [-0.4, -0.2) is 23.2 Å². The molecule has 6 heavy (non-hydrogen) atoms. The smallest absolute Gasteiger partial charge is 0.483 e. The van der Waals surface area contributed by atoms with Crippen molar-refractivity contribution in [1.82, 2.24) is 0 Å². The lowest BCUT2D eigenvalue weighted by molar-refractivity contribution is -0.123. The number of carbonyl (C=O) groups is 2. The lowest BCUT2D eigenvalue weighted by Crippen LogP contribution is -1.49. The Bertz CT molecular complexity index is 38.5. The zero-order valence-electron chi connectivity index (χ0n) is 8.87. The van der Waals surface area contributed by atoms with Crippen molar-refractivity contribution >= 4 is 12.9 Å². The Balaban J connectivity index is -0.00000000296. The van der Waals surface area contributed by atoms with E-state index in [9.17, 15) is 0 Å². The van der Waals surface area contributed by atoms with Gasteiger partial charge in [-0.2, -0.15) is 0 Å². The van der Waals surface area contributed by atoms with Gasteiger partial charge >= 0.3 is 8.56 Å². The summed E-state index contributed by atoms with van der Waals surface area (Å²) in [5, 5.41) is 13.8. The van der Waals surface area contributed by atoms with Crippen molar-refractivity contribution in [3.63, 3.8) is 0 Å². The Labute approximate surface area is 42.9 Å². The van der Waals surface area contributed by atoms with Gasteiger partial charge in [0.1, 0.15) is 0 Å². The summed E-state index contributed by atoms with van der Waals surface area (Å²) in [6, 6.07) is 0. The third kappa shape index (κ3) is 9.85. The Hall–Kier alpha value is -1.06. The first-order valence-electron chi connectivity index (χ1n) is 0.988. The molecule has 0 saturated carbocycles. The van der Waals surface area contributed by atoms with Crippen LogP contribution in [-0.2, 0) is 9.59 Å². The van der Waals surface area contributed by atoms with Gasteiger partial charge < -0.3 is 10.2 Å². The molecular weight excluding hydrogens is 88.0 g/mol. The predicted octanol–water partition coefficient (Wildman–Crippen LogP) is 0.0766. The quantitative estimate of drug-likeness (QED) is 0.420. The maximum atomic E-state index is 8.36.